The average Bonchev–Trinajstić information content (AvgIpc) is 2.71. The zero-order valence-corrected chi connectivity index (χ0v) is 19.2. The van der Waals surface area contributed by atoms with Crippen molar-refractivity contribution in [3.63, 3.8) is 0 Å². The van der Waals surface area contributed by atoms with Crippen LogP contribution in [0.2, 0.25) is 0 Å². The van der Waals surface area contributed by atoms with E-state index in [0.717, 1.165) is 48.7 Å². The first-order chi connectivity index (χ1) is 14.1. The average molecular weight is 422 g/mol. The van der Waals surface area contributed by atoms with Gasteiger partial charge in [0.2, 0.25) is 0 Å². The summed E-state index contributed by atoms with van der Waals surface area (Å²) in [5, 5.41) is 14.5. The quantitative estimate of drug-likeness (QED) is 0.468. The molecule has 0 spiro atoms. The van der Waals surface area contributed by atoms with Crippen molar-refractivity contribution in [2.24, 2.45) is 0 Å². The third kappa shape index (κ3) is 6.79. The number of anilines is 2. The predicted molar refractivity (Wildman–Crippen MR) is 118 cm³/mol. The minimum atomic E-state index is -1.17. The predicted octanol–water partition coefficient (Wildman–Crippen LogP) is 2.09. The van der Waals surface area contributed by atoms with Gasteiger partial charge in [0.1, 0.15) is 18.0 Å². The number of nitrogens with one attached hydrogen (secondary N) is 1. The molecule has 2 unspecified atom stereocenters. The van der Waals surface area contributed by atoms with E-state index in [2.05, 4.69) is 23.2 Å². The van der Waals surface area contributed by atoms with Crippen LogP contribution in [0.3, 0.4) is 0 Å². The van der Waals surface area contributed by atoms with Crippen LogP contribution in [0.4, 0.5) is 11.4 Å². The van der Waals surface area contributed by atoms with Crippen LogP contribution in [-0.4, -0.2) is 67.5 Å². The van der Waals surface area contributed by atoms with Crippen molar-refractivity contribution in [2.75, 3.05) is 36.5 Å². The summed E-state index contributed by atoms with van der Waals surface area (Å²) in [6.07, 6.45) is 0.592. The molecule has 1 aliphatic rings. The van der Waals surface area contributed by atoms with Gasteiger partial charge in [-0.05, 0) is 50.1 Å². The van der Waals surface area contributed by atoms with Crippen LogP contribution in [0.25, 0.3) is 0 Å². The van der Waals surface area contributed by atoms with E-state index in [9.17, 15) is 9.90 Å². The van der Waals surface area contributed by atoms with Crippen LogP contribution < -0.4 is 20.1 Å². The van der Waals surface area contributed by atoms with Gasteiger partial charge in [0, 0.05) is 31.8 Å². The summed E-state index contributed by atoms with van der Waals surface area (Å²) in [4.78, 5) is 13.5. The Labute approximate surface area is 194 Å². The van der Waals surface area contributed by atoms with Crippen LogP contribution in [-0.2, 0) is 16.0 Å². The fourth-order valence-electron chi connectivity index (χ4n) is 3.58. The smallest absolute Gasteiger partial charge is 0.547 e. The Hall–Kier alpha value is -1.96. The van der Waals surface area contributed by atoms with Crippen LogP contribution in [0.15, 0.2) is 48.5 Å². The topological polar surface area (TPSA) is 73.9 Å². The molecule has 0 fully saturated rings. The van der Waals surface area contributed by atoms with Gasteiger partial charge in [0.25, 0.3) is 0 Å². The number of carbonyl (C=O) groups excluding carboxylic acids is 1. The molecule has 0 aliphatic carbocycles. The molecular weight excluding hydrogens is 393 g/mol. The van der Waals surface area contributed by atoms with Gasteiger partial charge in [-0.3, -0.25) is 0 Å². The zero-order chi connectivity index (χ0) is 20.6. The van der Waals surface area contributed by atoms with E-state index in [1.807, 2.05) is 42.5 Å². The van der Waals surface area contributed by atoms with Gasteiger partial charge in [-0.15, -0.1) is 0 Å². The maximum absolute atomic E-state index is 11.1. The fourth-order valence-corrected chi connectivity index (χ4v) is 3.58. The Morgan fingerprint density at radius 3 is 2.70 bits per heavy atom. The largest absolute Gasteiger partial charge is 2.00 e. The molecule has 6 nitrogen and oxygen atoms in total. The van der Waals surface area contributed by atoms with Crippen LogP contribution in [0, 0.1) is 0 Å². The van der Waals surface area contributed by atoms with E-state index >= 15 is 0 Å². The Balaban J connectivity index is 0.00000320. The minimum Gasteiger partial charge on any atom is -0.547 e. The first-order valence-corrected chi connectivity index (χ1v) is 10.2. The monoisotopic (exact) mass is 421 g/mol. The molecule has 156 valence electrons. The number of benzene rings is 2. The van der Waals surface area contributed by atoms with Gasteiger partial charge < -0.3 is 29.6 Å². The van der Waals surface area contributed by atoms with Crippen LogP contribution in [0.5, 0.6) is 5.75 Å². The van der Waals surface area contributed by atoms with Crippen molar-refractivity contribution < 1.29 is 19.4 Å². The molecule has 1 aliphatic heterocycles. The number of nitrogens with zero attached hydrogens (tertiary/aromatic N) is 1. The van der Waals surface area contributed by atoms with Crippen molar-refractivity contribution in [1.82, 2.24) is 0 Å². The first kappa shape index (κ1) is 24.3. The molecule has 2 atom stereocenters. The van der Waals surface area contributed by atoms with E-state index in [1.165, 1.54) is 0 Å². The summed E-state index contributed by atoms with van der Waals surface area (Å²) >= 11 is 0. The second-order valence-electron chi connectivity index (χ2n) is 7.29. The standard InChI is InChI=1S/C23H30N2O4.Mg/c1-3-28-22(23(26)27)15-18-9-11-19(12-10-18)24-13-6-14-25-16-17(2)29-21-8-5-4-7-20(21)25;/h4-5,7-12,17,22,24H,3,6,13-16H2,1-2H3,(H,26,27);/q;+2/p-1. The van der Waals surface area contributed by atoms with E-state index < -0.39 is 12.1 Å². The summed E-state index contributed by atoms with van der Waals surface area (Å²) in [7, 11) is 0. The van der Waals surface area contributed by atoms with Gasteiger partial charge in [-0.2, -0.15) is 0 Å². The molecule has 1 N–H and O–H groups in total. The Bertz CT molecular complexity index is 800. The molecule has 7 heteroatoms. The second-order valence-corrected chi connectivity index (χ2v) is 7.29. The molecule has 2 aromatic carbocycles. The van der Waals surface area contributed by atoms with Crippen molar-refractivity contribution in [2.45, 2.75) is 38.9 Å². The van der Waals surface area contributed by atoms with Gasteiger partial charge in [-0.25, -0.2) is 0 Å². The number of fused-ring (bicyclic) bond motifs is 1. The summed E-state index contributed by atoms with van der Waals surface area (Å²) in [6.45, 7) is 6.93. The molecule has 30 heavy (non-hydrogen) atoms. The van der Waals surface area contributed by atoms with Crippen molar-refractivity contribution in [1.29, 1.82) is 0 Å². The molecule has 0 aromatic heterocycles. The SMILES string of the molecule is CCOC(Cc1ccc(NCCCN2CC(C)Oc3ccccc32)cc1)C(=O)[O-].[Mg+2]. The Morgan fingerprint density at radius 1 is 1.27 bits per heavy atom. The molecule has 2 aromatic rings. The molecule has 1 heterocycles. The maximum atomic E-state index is 11.1. The number of carbonyl (C=O) groups is 1. The number of ether oxygens (including phenoxy) is 2. The zero-order valence-electron chi connectivity index (χ0n) is 17.8. The molecule has 0 saturated carbocycles. The number of aliphatic carboxylic acids is 1. The summed E-state index contributed by atoms with van der Waals surface area (Å²) in [6, 6.07) is 16.0. The van der Waals surface area contributed by atoms with Crippen LogP contribution in [0.1, 0.15) is 25.8 Å². The van der Waals surface area contributed by atoms with Gasteiger partial charge in [0.15, 0.2) is 0 Å². The summed E-state index contributed by atoms with van der Waals surface area (Å²) in [5.74, 6) is -0.218. The molecule has 0 bridgehead atoms. The molecule has 0 radical (unpaired) electrons. The van der Waals surface area contributed by atoms with Crippen molar-refractivity contribution in [3.8, 4) is 5.75 Å². The third-order valence-electron chi connectivity index (χ3n) is 4.95. The van der Waals surface area contributed by atoms with Gasteiger partial charge in [-0.1, -0.05) is 24.3 Å². The van der Waals surface area contributed by atoms with Gasteiger partial charge >= 0.3 is 23.1 Å². The summed E-state index contributed by atoms with van der Waals surface area (Å²) in [5.41, 5.74) is 3.09. The summed E-state index contributed by atoms with van der Waals surface area (Å²) < 4.78 is 11.1. The number of carboxylic acid groups (broad SMARTS) is 1. The number of hydrogen-bond acceptors (Lipinski definition) is 6. The fraction of sp³-hybridized carbons (Fsp3) is 0.435. The molecule has 0 amide bonds. The van der Waals surface area contributed by atoms with Crippen molar-refractivity contribution in [3.05, 3.63) is 54.1 Å². The number of para-hydroxylation sites is 2. The van der Waals surface area contributed by atoms with Crippen LogP contribution >= 0.6 is 0 Å². The second kappa shape index (κ2) is 12.0. The number of hydrogen-bond donors (Lipinski definition) is 1. The molecule has 3 rings (SSSR count). The molecule has 0 saturated heterocycles. The van der Waals surface area contributed by atoms with E-state index in [1.54, 1.807) is 6.92 Å². The number of rotatable bonds is 10. The maximum Gasteiger partial charge on any atom is 2.00 e. The Morgan fingerprint density at radius 2 is 2.00 bits per heavy atom. The Kier molecular flexibility index (Phi) is 9.74. The minimum absolute atomic E-state index is 0. The number of carboxylic acids is 1. The third-order valence-corrected chi connectivity index (χ3v) is 4.95. The van der Waals surface area contributed by atoms with E-state index in [0.29, 0.717) is 13.0 Å². The van der Waals surface area contributed by atoms with Gasteiger partial charge in [0.05, 0.1) is 18.2 Å². The normalized spacial score (nSPS) is 16.1. The first-order valence-electron chi connectivity index (χ1n) is 10.2. The van der Waals surface area contributed by atoms with E-state index in [-0.39, 0.29) is 29.2 Å². The van der Waals surface area contributed by atoms with E-state index in [4.69, 9.17) is 9.47 Å². The molecular formula is C23H29MgN2O4+. The van der Waals surface area contributed by atoms with Crippen molar-refractivity contribution >= 4 is 40.4 Å².